The highest BCUT2D eigenvalue weighted by molar-refractivity contribution is 5.75. The summed E-state index contributed by atoms with van der Waals surface area (Å²) >= 11 is 0. The van der Waals surface area contributed by atoms with E-state index in [2.05, 4.69) is 10.2 Å². The second kappa shape index (κ2) is 8.63. The van der Waals surface area contributed by atoms with Crippen LogP contribution in [0.3, 0.4) is 0 Å². The van der Waals surface area contributed by atoms with Crippen LogP contribution >= 0.6 is 0 Å². The van der Waals surface area contributed by atoms with E-state index in [1.807, 2.05) is 6.92 Å². The van der Waals surface area contributed by atoms with Gasteiger partial charge in [-0.1, -0.05) is 19.3 Å². The van der Waals surface area contributed by atoms with Crippen LogP contribution in [-0.4, -0.2) is 49.2 Å². The number of nitrogens with zero attached hydrogens (tertiary/aromatic N) is 1. The molecule has 0 aromatic heterocycles. The first-order valence-corrected chi connectivity index (χ1v) is 8.44. The topological polar surface area (TPSA) is 41.6 Å². The van der Waals surface area contributed by atoms with Gasteiger partial charge in [0.05, 0.1) is 6.61 Å². The summed E-state index contributed by atoms with van der Waals surface area (Å²) in [7, 11) is 0. The molecule has 116 valence electrons. The SMILES string of the molecule is CCOC(=O)C(CCN1CCCCCCC1)NC1CC1. The van der Waals surface area contributed by atoms with Gasteiger partial charge >= 0.3 is 5.97 Å². The van der Waals surface area contributed by atoms with Gasteiger partial charge in [0.2, 0.25) is 0 Å². The third-order valence-corrected chi connectivity index (χ3v) is 4.27. The first-order valence-electron chi connectivity index (χ1n) is 8.44. The van der Waals surface area contributed by atoms with Gasteiger partial charge in [-0.2, -0.15) is 0 Å². The van der Waals surface area contributed by atoms with Gasteiger partial charge in [-0.3, -0.25) is 4.79 Å². The molecule has 0 aromatic carbocycles. The third kappa shape index (κ3) is 5.80. The molecule has 1 heterocycles. The number of ether oxygens (including phenoxy) is 1. The Kier molecular flexibility index (Phi) is 6.80. The Morgan fingerprint density at radius 2 is 1.85 bits per heavy atom. The zero-order valence-electron chi connectivity index (χ0n) is 12.9. The van der Waals surface area contributed by atoms with Crippen molar-refractivity contribution < 1.29 is 9.53 Å². The van der Waals surface area contributed by atoms with E-state index < -0.39 is 0 Å². The van der Waals surface area contributed by atoms with Crippen LogP contribution in [0.4, 0.5) is 0 Å². The molecule has 0 bridgehead atoms. The lowest BCUT2D eigenvalue weighted by Crippen LogP contribution is -2.42. The molecule has 4 heteroatoms. The third-order valence-electron chi connectivity index (χ3n) is 4.27. The van der Waals surface area contributed by atoms with Gasteiger partial charge in [0.25, 0.3) is 0 Å². The minimum Gasteiger partial charge on any atom is -0.465 e. The average molecular weight is 282 g/mol. The predicted molar refractivity (Wildman–Crippen MR) is 80.7 cm³/mol. The second-order valence-electron chi connectivity index (χ2n) is 6.14. The lowest BCUT2D eigenvalue weighted by atomic mass is 10.1. The number of rotatable bonds is 7. The number of hydrogen-bond acceptors (Lipinski definition) is 4. The normalized spacial score (nSPS) is 22.9. The predicted octanol–water partition coefficient (Wildman–Crippen LogP) is 2.33. The Morgan fingerprint density at radius 1 is 1.20 bits per heavy atom. The van der Waals surface area contributed by atoms with Crippen molar-refractivity contribution in [2.45, 2.75) is 70.4 Å². The number of nitrogens with one attached hydrogen (secondary N) is 1. The number of esters is 1. The Balaban J connectivity index is 1.75. The van der Waals surface area contributed by atoms with E-state index in [0.29, 0.717) is 12.6 Å². The minimum atomic E-state index is -0.104. The Labute approximate surface area is 123 Å². The van der Waals surface area contributed by atoms with E-state index in [-0.39, 0.29) is 12.0 Å². The fraction of sp³-hybridized carbons (Fsp3) is 0.938. The second-order valence-corrected chi connectivity index (χ2v) is 6.14. The first kappa shape index (κ1) is 15.8. The molecule has 1 atom stereocenters. The van der Waals surface area contributed by atoms with E-state index in [1.165, 1.54) is 58.0 Å². The fourth-order valence-electron chi connectivity index (χ4n) is 2.89. The molecular weight excluding hydrogens is 252 g/mol. The molecule has 1 saturated heterocycles. The standard InChI is InChI=1S/C16H30N2O2/c1-2-20-16(19)15(17-14-8-9-14)10-13-18-11-6-4-3-5-7-12-18/h14-15,17H,2-13H2,1H3. The maximum absolute atomic E-state index is 12.0. The van der Waals surface area contributed by atoms with Crippen LogP contribution in [0.25, 0.3) is 0 Å². The molecular formula is C16H30N2O2. The van der Waals surface area contributed by atoms with E-state index in [0.717, 1.165) is 13.0 Å². The highest BCUT2D eigenvalue weighted by Gasteiger charge is 2.29. The minimum absolute atomic E-state index is 0.0635. The molecule has 20 heavy (non-hydrogen) atoms. The Morgan fingerprint density at radius 3 is 2.45 bits per heavy atom. The highest BCUT2D eigenvalue weighted by Crippen LogP contribution is 2.20. The highest BCUT2D eigenvalue weighted by atomic mass is 16.5. The van der Waals surface area contributed by atoms with Crippen molar-refractivity contribution in [3.63, 3.8) is 0 Å². The molecule has 2 aliphatic rings. The van der Waals surface area contributed by atoms with Crippen LogP contribution in [-0.2, 0) is 9.53 Å². The molecule has 4 nitrogen and oxygen atoms in total. The van der Waals surface area contributed by atoms with Gasteiger partial charge in [-0.05, 0) is 52.1 Å². The van der Waals surface area contributed by atoms with Gasteiger partial charge in [0, 0.05) is 12.6 Å². The number of hydrogen-bond donors (Lipinski definition) is 1. The van der Waals surface area contributed by atoms with Crippen LogP contribution in [0.1, 0.15) is 58.3 Å². The summed E-state index contributed by atoms with van der Waals surface area (Å²) in [4.78, 5) is 14.5. The summed E-state index contributed by atoms with van der Waals surface area (Å²) in [6, 6.07) is 0.449. The van der Waals surface area contributed by atoms with Gasteiger partial charge in [-0.15, -0.1) is 0 Å². The molecule has 0 radical (unpaired) electrons. The summed E-state index contributed by atoms with van der Waals surface area (Å²) in [5.74, 6) is -0.0635. The zero-order valence-corrected chi connectivity index (χ0v) is 12.9. The molecule has 0 amide bonds. The summed E-state index contributed by atoms with van der Waals surface area (Å²) in [6.45, 7) is 5.76. The van der Waals surface area contributed by atoms with Crippen molar-refractivity contribution in [2.24, 2.45) is 0 Å². The van der Waals surface area contributed by atoms with Crippen molar-refractivity contribution in [1.29, 1.82) is 0 Å². The molecule has 0 spiro atoms. The monoisotopic (exact) mass is 282 g/mol. The Bertz CT molecular complexity index is 284. The average Bonchev–Trinajstić information content (AvgIpc) is 3.20. The van der Waals surface area contributed by atoms with Gasteiger partial charge < -0.3 is 15.0 Å². The Hall–Kier alpha value is -0.610. The molecule has 1 aliphatic carbocycles. The molecule has 1 saturated carbocycles. The first-order chi connectivity index (χ1) is 9.79. The zero-order chi connectivity index (χ0) is 14.2. The van der Waals surface area contributed by atoms with Gasteiger partial charge in [0.1, 0.15) is 6.04 Å². The van der Waals surface area contributed by atoms with Crippen molar-refractivity contribution in [1.82, 2.24) is 10.2 Å². The fourth-order valence-corrected chi connectivity index (χ4v) is 2.89. The van der Waals surface area contributed by atoms with Crippen molar-refractivity contribution in [3.05, 3.63) is 0 Å². The van der Waals surface area contributed by atoms with Crippen LogP contribution in [0.2, 0.25) is 0 Å². The van der Waals surface area contributed by atoms with E-state index in [1.54, 1.807) is 0 Å². The maximum Gasteiger partial charge on any atom is 0.323 e. The number of carbonyl (C=O) groups is 1. The van der Waals surface area contributed by atoms with Crippen LogP contribution in [0.15, 0.2) is 0 Å². The van der Waals surface area contributed by atoms with E-state index in [9.17, 15) is 4.79 Å². The van der Waals surface area contributed by atoms with Gasteiger partial charge in [-0.25, -0.2) is 0 Å². The van der Waals surface area contributed by atoms with Crippen molar-refractivity contribution in [2.75, 3.05) is 26.2 Å². The number of likely N-dealkylation sites (tertiary alicyclic amines) is 1. The van der Waals surface area contributed by atoms with Crippen LogP contribution in [0.5, 0.6) is 0 Å². The summed E-state index contributed by atoms with van der Waals surface area (Å²) in [5.41, 5.74) is 0. The molecule has 0 aromatic rings. The smallest absolute Gasteiger partial charge is 0.323 e. The summed E-state index contributed by atoms with van der Waals surface area (Å²) in [5, 5.41) is 3.44. The van der Waals surface area contributed by atoms with Crippen LogP contribution in [0, 0.1) is 0 Å². The largest absolute Gasteiger partial charge is 0.465 e. The molecule has 1 unspecified atom stereocenters. The molecule has 1 N–H and O–H groups in total. The van der Waals surface area contributed by atoms with E-state index in [4.69, 9.17) is 4.74 Å². The maximum atomic E-state index is 12.0. The summed E-state index contributed by atoms with van der Waals surface area (Å²) in [6.07, 6.45) is 10.0. The quantitative estimate of drug-likeness (QED) is 0.728. The van der Waals surface area contributed by atoms with Crippen molar-refractivity contribution in [3.8, 4) is 0 Å². The molecule has 1 aliphatic heterocycles. The van der Waals surface area contributed by atoms with E-state index >= 15 is 0 Å². The molecule has 2 rings (SSSR count). The lowest BCUT2D eigenvalue weighted by Gasteiger charge is -2.26. The lowest BCUT2D eigenvalue weighted by molar-refractivity contribution is -0.146. The number of carbonyl (C=O) groups excluding carboxylic acids is 1. The van der Waals surface area contributed by atoms with Gasteiger partial charge in [0.15, 0.2) is 0 Å². The molecule has 2 fully saturated rings. The summed E-state index contributed by atoms with van der Waals surface area (Å²) < 4.78 is 5.20. The van der Waals surface area contributed by atoms with Crippen molar-refractivity contribution >= 4 is 5.97 Å². The van der Waals surface area contributed by atoms with Crippen LogP contribution < -0.4 is 5.32 Å².